The van der Waals surface area contributed by atoms with Crippen LogP contribution in [-0.4, -0.2) is 110 Å². The predicted molar refractivity (Wildman–Crippen MR) is 186 cm³/mol. The molecule has 6 heterocycles. The summed E-state index contributed by atoms with van der Waals surface area (Å²) in [6.45, 7) is 16.6. The number of carbonyl (C=O) groups excluding carboxylic acids is 1. The molecule has 0 N–H and O–H groups in total. The fourth-order valence-electron chi connectivity index (χ4n) is 9.94. The van der Waals surface area contributed by atoms with Gasteiger partial charge in [0.05, 0.1) is 5.69 Å². The summed E-state index contributed by atoms with van der Waals surface area (Å²) < 4.78 is 21.1. The summed E-state index contributed by atoms with van der Waals surface area (Å²) in [5, 5.41) is 8.47. The second kappa shape index (κ2) is 11.9. The fourth-order valence-corrected chi connectivity index (χ4v) is 9.94. The molecule has 4 saturated heterocycles. The summed E-state index contributed by atoms with van der Waals surface area (Å²) in [6.07, 6.45) is 9.10. The van der Waals surface area contributed by atoms with Crippen LogP contribution in [0.3, 0.4) is 0 Å². The molecule has 2 spiro atoms. The second-order valence-electron chi connectivity index (χ2n) is 16.8. The van der Waals surface area contributed by atoms with E-state index in [2.05, 4.69) is 48.7 Å². The normalized spacial score (nSPS) is 26.0. The first-order valence-corrected chi connectivity index (χ1v) is 18.6. The van der Waals surface area contributed by atoms with Crippen LogP contribution in [0.1, 0.15) is 70.3 Å². The van der Waals surface area contributed by atoms with E-state index in [9.17, 15) is 9.18 Å². The number of hydrogen-bond donors (Lipinski definition) is 0. The Hall–Kier alpha value is -3.77. The maximum atomic E-state index is 14.7. The number of nitrogens with zero attached hydrogens (tertiary/aromatic N) is 9. The van der Waals surface area contributed by atoms with E-state index in [0.717, 1.165) is 88.8 Å². The molecular formula is C38H48FN9O2. The van der Waals surface area contributed by atoms with Gasteiger partial charge < -0.3 is 14.5 Å². The van der Waals surface area contributed by atoms with E-state index in [-0.39, 0.29) is 17.1 Å². The van der Waals surface area contributed by atoms with Crippen molar-refractivity contribution in [3.05, 3.63) is 48.1 Å². The van der Waals surface area contributed by atoms with Gasteiger partial charge in [0.25, 0.3) is 5.88 Å². The van der Waals surface area contributed by atoms with Gasteiger partial charge >= 0.3 is 0 Å². The molecule has 1 amide bonds. The van der Waals surface area contributed by atoms with Crippen LogP contribution in [0.5, 0.6) is 11.6 Å². The van der Waals surface area contributed by atoms with Crippen LogP contribution in [0.25, 0.3) is 11.1 Å². The summed E-state index contributed by atoms with van der Waals surface area (Å²) in [4.78, 5) is 35.2. The first-order chi connectivity index (χ1) is 24.1. The molecule has 264 valence electrons. The molecule has 0 unspecified atom stereocenters. The minimum atomic E-state index is -0.342. The highest BCUT2D eigenvalue weighted by Crippen LogP contribution is 2.51. The van der Waals surface area contributed by atoms with Crippen molar-refractivity contribution in [1.29, 1.82) is 0 Å². The number of likely N-dealkylation sites (tertiary alicyclic amines) is 3. The summed E-state index contributed by atoms with van der Waals surface area (Å²) in [5.41, 5.74) is 2.97. The van der Waals surface area contributed by atoms with Gasteiger partial charge in [-0.25, -0.2) is 19.3 Å². The minimum Gasteiger partial charge on any atom is -0.434 e. The highest BCUT2D eigenvalue weighted by atomic mass is 19.1. The molecule has 9 rings (SSSR count). The molecule has 2 saturated carbocycles. The van der Waals surface area contributed by atoms with Gasteiger partial charge in [-0.2, -0.15) is 0 Å². The van der Waals surface area contributed by atoms with E-state index < -0.39 is 0 Å². The Morgan fingerprint density at radius 2 is 1.78 bits per heavy atom. The summed E-state index contributed by atoms with van der Waals surface area (Å²) >= 11 is 0. The smallest absolute Gasteiger partial charge is 0.282 e. The lowest BCUT2D eigenvalue weighted by molar-refractivity contribution is -0.171. The topological polar surface area (TPSA) is 104 Å². The molecule has 2 aromatic heterocycles. The summed E-state index contributed by atoms with van der Waals surface area (Å²) in [7, 11) is 0. The zero-order valence-corrected chi connectivity index (χ0v) is 29.7. The van der Waals surface area contributed by atoms with Gasteiger partial charge in [0, 0.05) is 105 Å². The van der Waals surface area contributed by atoms with Crippen molar-refractivity contribution in [3.63, 3.8) is 0 Å². The van der Waals surface area contributed by atoms with Gasteiger partial charge in [-0.3, -0.25) is 14.6 Å². The summed E-state index contributed by atoms with van der Waals surface area (Å²) in [6, 6.07) is 5.89. The molecular weight excluding hydrogens is 633 g/mol. The largest absolute Gasteiger partial charge is 0.434 e. The first-order valence-electron chi connectivity index (χ1n) is 18.6. The number of benzene rings is 1. The third-order valence-corrected chi connectivity index (χ3v) is 12.6. The Bertz CT molecular complexity index is 1790. The second-order valence-corrected chi connectivity index (χ2v) is 16.8. The number of aryl methyl sites for hydroxylation is 1. The van der Waals surface area contributed by atoms with Crippen molar-refractivity contribution in [3.8, 4) is 22.8 Å². The minimum absolute atomic E-state index is 0.216. The van der Waals surface area contributed by atoms with E-state index in [4.69, 9.17) is 9.72 Å². The van der Waals surface area contributed by atoms with E-state index in [0.29, 0.717) is 58.2 Å². The number of carbonyl (C=O) groups is 1. The van der Waals surface area contributed by atoms with Crippen LogP contribution in [0.15, 0.2) is 30.7 Å². The lowest BCUT2D eigenvalue weighted by Gasteiger charge is -2.65. The van der Waals surface area contributed by atoms with E-state index in [1.807, 2.05) is 11.8 Å². The monoisotopic (exact) mass is 681 g/mol. The lowest BCUT2D eigenvalue weighted by atomic mass is 9.65. The van der Waals surface area contributed by atoms with Gasteiger partial charge in [0.15, 0.2) is 5.82 Å². The Morgan fingerprint density at radius 1 is 1.00 bits per heavy atom. The molecule has 1 aromatic carbocycles. The molecule has 3 aromatic rings. The number of rotatable bonds is 9. The van der Waals surface area contributed by atoms with Crippen LogP contribution in [0.4, 0.5) is 10.2 Å². The van der Waals surface area contributed by atoms with Crippen LogP contribution < -0.4 is 9.64 Å². The molecule has 4 aliphatic heterocycles. The van der Waals surface area contributed by atoms with Crippen molar-refractivity contribution in [2.45, 2.75) is 77.8 Å². The molecule has 11 nitrogen and oxygen atoms in total. The quantitative estimate of drug-likeness (QED) is 0.309. The molecule has 6 fully saturated rings. The molecule has 50 heavy (non-hydrogen) atoms. The highest BCUT2D eigenvalue weighted by Gasteiger charge is 2.57. The molecule has 6 aliphatic rings. The predicted octanol–water partition coefficient (Wildman–Crippen LogP) is 4.93. The zero-order chi connectivity index (χ0) is 34.4. The van der Waals surface area contributed by atoms with E-state index in [1.54, 1.807) is 19.2 Å². The Balaban J connectivity index is 0.845. The van der Waals surface area contributed by atoms with Crippen molar-refractivity contribution in [2.24, 2.45) is 22.7 Å². The van der Waals surface area contributed by atoms with Gasteiger partial charge in [-0.15, -0.1) is 10.2 Å². The Labute approximate surface area is 293 Å². The van der Waals surface area contributed by atoms with Gasteiger partial charge in [-0.05, 0) is 69.1 Å². The molecule has 0 bridgehead atoms. The Kier molecular flexibility index (Phi) is 7.65. The molecule has 0 radical (unpaired) electrons. The summed E-state index contributed by atoms with van der Waals surface area (Å²) in [5.74, 6) is 3.81. The maximum Gasteiger partial charge on any atom is 0.282 e. The zero-order valence-electron chi connectivity index (χ0n) is 29.7. The third kappa shape index (κ3) is 5.62. The number of anilines is 1. The van der Waals surface area contributed by atoms with Crippen molar-refractivity contribution in [1.82, 2.24) is 39.8 Å². The lowest BCUT2D eigenvalue weighted by Crippen LogP contribution is -2.75. The van der Waals surface area contributed by atoms with Gasteiger partial charge in [-0.1, -0.05) is 13.8 Å². The van der Waals surface area contributed by atoms with E-state index >= 15 is 0 Å². The fraction of sp³-hybridized carbons (Fsp3) is 0.632. The molecule has 1 atom stereocenters. The van der Waals surface area contributed by atoms with Crippen molar-refractivity contribution < 1.29 is 13.9 Å². The highest BCUT2D eigenvalue weighted by molar-refractivity contribution is 5.75. The third-order valence-electron chi connectivity index (χ3n) is 12.6. The Morgan fingerprint density at radius 3 is 2.50 bits per heavy atom. The average Bonchev–Trinajstić information content (AvgIpc) is 3.76. The van der Waals surface area contributed by atoms with Gasteiger partial charge in [0.1, 0.15) is 23.7 Å². The number of amides is 1. The molecule has 2 aliphatic carbocycles. The number of hydrogen-bond acceptors (Lipinski definition) is 10. The van der Waals surface area contributed by atoms with Crippen LogP contribution in [0.2, 0.25) is 0 Å². The van der Waals surface area contributed by atoms with Crippen molar-refractivity contribution in [2.75, 3.05) is 57.3 Å². The first kappa shape index (κ1) is 32.2. The number of halogens is 1. The standard InChI is InChI=1S/C38H48FN9O2/c1-23(2)34(27-11-29(12-27)47-20-38(21-47)18-46(19-38)25(4)49)48-16-37(17-48)9-10-45(15-37)35-36(44-42-22-41-35)50-32-8-7-28(39)13-30(32)31-14-40-24(3)43-33(31)26-5-6-26/h7-8,13-14,22-23,26-27,29,34H,5-6,9-12,15-21H2,1-4H3/t27?,29?,34-/m0/s1. The van der Waals surface area contributed by atoms with E-state index in [1.165, 1.54) is 31.3 Å². The van der Waals surface area contributed by atoms with Crippen LogP contribution in [0, 0.1) is 35.4 Å². The SMILES string of the molecule is CC(=O)N1CC2(C1)CN(C1CC([C@H](C(C)C)N3CC4(CCN(c5ncnnc5Oc5ccc(F)cc5-c5cnc(C)nc5C5CC5)C4)C3)C1)C2. The van der Waals surface area contributed by atoms with Crippen molar-refractivity contribution >= 4 is 11.7 Å². The average molecular weight is 682 g/mol. The maximum absolute atomic E-state index is 14.7. The number of ether oxygens (including phenoxy) is 1. The number of aromatic nitrogens is 5. The van der Waals surface area contributed by atoms with Gasteiger partial charge in [0.2, 0.25) is 5.91 Å². The van der Waals surface area contributed by atoms with Crippen LogP contribution >= 0.6 is 0 Å². The molecule has 12 heteroatoms. The van der Waals surface area contributed by atoms with Crippen LogP contribution in [-0.2, 0) is 4.79 Å².